The highest BCUT2D eigenvalue weighted by atomic mass is 16.5. The lowest BCUT2D eigenvalue weighted by Crippen LogP contribution is -2.40. The molecule has 1 N–H and O–H groups in total. The lowest BCUT2D eigenvalue weighted by Gasteiger charge is -2.21. The Morgan fingerprint density at radius 1 is 1.26 bits per heavy atom. The third kappa shape index (κ3) is 5.28. The summed E-state index contributed by atoms with van der Waals surface area (Å²) in [6, 6.07) is 5.84. The van der Waals surface area contributed by atoms with Crippen LogP contribution in [0, 0.1) is 11.8 Å². The van der Waals surface area contributed by atoms with Crippen molar-refractivity contribution in [1.82, 2.24) is 10.2 Å². The van der Waals surface area contributed by atoms with E-state index >= 15 is 0 Å². The van der Waals surface area contributed by atoms with Gasteiger partial charge in [-0.1, -0.05) is 13.0 Å². The van der Waals surface area contributed by atoms with Crippen molar-refractivity contribution in [1.29, 1.82) is 0 Å². The molecule has 7 heteroatoms. The fraction of sp³-hybridized carbons (Fsp3) is 0.600. The molecule has 1 saturated heterocycles. The van der Waals surface area contributed by atoms with Gasteiger partial charge in [0.15, 0.2) is 17.5 Å². The minimum absolute atomic E-state index is 0.121. The van der Waals surface area contributed by atoms with Gasteiger partial charge in [0, 0.05) is 19.6 Å². The zero-order chi connectivity index (χ0) is 19.8. The van der Waals surface area contributed by atoms with E-state index in [1.54, 1.807) is 7.11 Å². The Labute approximate surface area is 161 Å². The van der Waals surface area contributed by atoms with Gasteiger partial charge in [-0.25, -0.2) is 4.99 Å². The zero-order valence-electron chi connectivity index (χ0n) is 16.9. The maximum absolute atomic E-state index is 12.0. The van der Waals surface area contributed by atoms with E-state index in [-0.39, 0.29) is 17.8 Å². The van der Waals surface area contributed by atoms with E-state index in [4.69, 9.17) is 19.2 Å². The van der Waals surface area contributed by atoms with Gasteiger partial charge >= 0.3 is 5.97 Å². The second kappa shape index (κ2) is 10.0. The second-order valence-electron chi connectivity index (χ2n) is 6.60. The SMILES string of the molecule is CCNC(=NCc1ccc(OC)c(OCC)c1)N1CC(C)C(C(=O)OC)C1. The number of carbonyl (C=O) groups excluding carboxylic acids is 1. The molecule has 0 saturated carbocycles. The van der Waals surface area contributed by atoms with Crippen LogP contribution in [-0.2, 0) is 16.1 Å². The molecule has 1 heterocycles. The first kappa shape index (κ1) is 20.9. The van der Waals surface area contributed by atoms with Gasteiger partial charge in [0.1, 0.15) is 0 Å². The lowest BCUT2D eigenvalue weighted by molar-refractivity contribution is -0.145. The summed E-state index contributed by atoms with van der Waals surface area (Å²) >= 11 is 0. The maximum Gasteiger partial charge on any atom is 0.310 e. The number of hydrogen-bond acceptors (Lipinski definition) is 5. The summed E-state index contributed by atoms with van der Waals surface area (Å²) in [4.78, 5) is 18.8. The molecular weight excluding hydrogens is 346 g/mol. The van der Waals surface area contributed by atoms with Crippen LogP contribution in [0.4, 0.5) is 0 Å². The Kier molecular flexibility index (Phi) is 7.76. The molecule has 7 nitrogen and oxygen atoms in total. The van der Waals surface area contributed by atoms with Crippen molar-refractivity contribution in [3.63, 3.8) is 0 Å². The molecule has 1 fully saturated rings. The van der Waals surface area contributed by atoms with Crippen LogP contribution in [0.15, 0.2) is 23.2 Å². The summed E-state index contributed by atoms with van der Waals surface area (Å²) in [6.07, 6.45) is 0. The average molecular weight is 377 g/mol. The molecule has 0 amide bonds. The Balaban J connectivity index is 2.14. The molecule has 1 aromatic rings. The number of methoxy groups -OCH3 is 2. The molecular formula is C20H31N3O4. The third-order valence-electron chi connectivity index (χ3n) is 4.69. The molecule has 0 aliphatic carbocycles. The van der Waals surface area contributed by atoms with E-state index < -0.39 is 0 Å². The Hall–Kier alpha value is -2.44. The maximum atomic E-state index is 12.0. The quantitative estimate of drug-likeness (QED) is 0.447. The number of benzene rings is 1. The summed E-state index contributed by atoms with van der Waals surface area (Å²) in [7, 11) is 3.07. The highest BCUT2D eigenvalue weighted by Crippen LogP contribution is 2.28. The number of rotatable bonds is 7. The fourth-order valence-corrected chi connectivity index (χ4v) is 3.28. The van der Waals surface area contributed by atoms with Crippen molar-refractivity contribution < 1.29 is 19.0 Å². The second-order valence-corrected chi connectivity index (χ2v) is 6.60. The number of esters is 1. The summed E-state index contributed by atoms with van der Waals surface area (Å²) in [6.45, 7) is 9.30. The molecule has 1 aromatic carbocycles. The number of aliphatic imine (C=N–C) groups is 1. The van der Waals surface area contributed by atoms with Crippen molar-refractivity contribution in [2.45, 2.75) is 27.3 Å². The summed E-state index contributed by atoms with van der Waals surface area (Å²) in [5.74, 6) is 2.20. The minimum Gasteiger partial charge on any atom is -0.493 e. The first-order valence-corrected chi connectivity index (χ1v) is 9.44. The van der Waals surface area contributed by atoms with Crippen LogP contribution in [-0.4, -0.2) is 57.3 Å². The number of nitrogens with one attached hydrogen (secondary N) is 1. The highest BCUT2D eigenvalue weighted by Gasteiger charge is 2.36. The van der Waals surface area contributed by atoms with Crippen LogP contribution in [0.3, 0.4) is 0 Å². The molecule has 0 spiro atoms. The van der Waals surface area contributed by atoms with E-state index in [2.05, 4.69) is 17.1 Å². The topological polar surface area (TPSA) is 72.4 Å². The van der Waals surface area contributed by atoms with Crippen molar-refractivity contribution in [3.05, 3.63) is 23.8 Å². The van der Waals surface area contributed by atoms with E-state index in [0.29, 0.717) is 25.4 Å². The lowest BCUT2D eigenvalue weighted by atomic mass is 9.99. The fourth-order valence-electron chi connectivity index (χ4n) is 3.28. The van der Waals surface area contributed by atoms with Crippen LogP contribution in [0.5, 0.6) is 11.5 Å². The van der Waals surface area contributed by atoms with Gasteiger partial charge in [0.25, 0.3) is 0 Å². The standard InChI is InChI=1S/C20H31N3O4/c1-6-21-20(23-12-14(3)16(13-23)19(24)26-5)22-11-15-8-9-17(25-4)18(10-15)27-7-2/h8-10,14,16H,6-7,11-13H2,1-5H3,(H,21,22). The highest BCUT2D eigenvalue weighted by molar-refractivity contribution is 5.82. The van der Waals surface area contributed by atoms with Gasteiger partial charge in [0.05, 0.1) is 33.3 Å². The van der Waals surface area contributed by atoms with Crippen LogP contribution in [0.25, 0.3) is 0 Å². The van der Waals surface area contributed by atoms with Gasteiger partial charge < -0.3 is 24.4 Å². The van der Waals surface area contributed by atoms with Crippen molar-refractivity contribution >= 4 is 11.9 Å². The minimum atomic E-state index is -0.155. The van der Waals surface area contributed by atoms with Gasteiger partial charge in [-0.05, 0) is 37.5 Å². The van der Waals surface area contributed by atoms with Crippen LogP contribution >= 0.6 is 0 Å². The van der Waals surface area contributed by atoms with Crippen LogP contribution in [0.1, 0.15) is 26.3 Å². The smallest absolute Gasteiger partial charge is 0.310 e. The van der Waals surface area contributed by atoms with Gasteiger partial charge in [-0.15, -0.1) is 0 Å². The number of nitrogens with zero attached hydrogens (tertiary/aromatic N) is 2. The van der Waals surface area contributed by atoms with Crippen molar-refractivity contribution in [2.75, 3.05) is 40.5 Å². The molecule has 2 atom stereocenters. The molecule has 0 bridgehead atoms. The molecule has 1 aliphatic heterocycles. The zero-order valence-corrected chi connectivity index (χ0v) is 16.9. The number of likely N-dealkylation sites (tertiary alicyclic amines) is 1. The van der Waals surface area contributed by atoms with Gasteiger partial charge in [0.2, 0.25) is 0 Å². The molecule has 150 valence electrons. The summed E-state index contributed by atoms with van der Waals surface area (Å²) in [5, 5.41) is 3.32. The van der Waals surface area contributed by atoms with E-state index in [1.165, 1.54) is 7.11 Å². The van der Waals surface area contributed by atoms with E-state index in [1.807, 2.05) is 32.0 Å². The largest absolute Gasteiger partial charge is 0.493 e. The summed E-state index contributed by atoms with van der Waals surface area (Å²) < 4.78 is 15.9. The molecule has 1 aliphatic rings. The molecule has 0 radical (unpaired) electrons. The van der Waals surface area contributed by atoms with Crippen LogP contribution < -0.4 is 14.8 Å². The van der Waals surface area contributed by atoms with Gasteiger partial charge in [-0.2, -0.15) is 0 Å². The van der Waals surface area contributed by atoms with E-state index in [9.17, 15) is 4.79 Å². The van der Waals surface area contributed by atoms with Crippen molar-refractivity contribution in [2.24, 2.45) is 16.8 Å². The van der Waals surface area contributed by atoms with Crippen molar-refractivity contribution in [3.8, 4) is 11.5 Å². The third-order valence-corrected chi connectivity index (χ3v) is 4.69. The first-order chi connectivity index (χ1) is 13.0. The number of carbonyl (C=O) groups is 1. The predicted octanol–water partition coefficient (Wildman–Crippen LogP) is 2.30. The Bertz CT molecular complexity index is 663. The molecule has 27 heavy (non-hydrogen) atoms. The Morgan fingerprint density at radius 2 is 2.04 bits per heavy atom. The predicted molar refractivity (Wildman–Crippen MR) is 105 cm³/mol. The normalized spacial score (nSPS) is 19.7. The molecule has 0 aromatic heterocycles. The first-order valence-electron chi connectivity index (χ1n) is 9.44. The average Bonchev–Trinajstić information content (AvgIpc) is 3.06. The number of ether oxygens (including phenoxy) is 3. The van der Waals surface area contributed by atoms with Gasteiger partial charge in [-0.3, -0.25) is 4.79 Å². The molecule has 2 unspecified atom stereocenters. The summed E-state index contributed by atoms with van der Waals surface area (Å²) in [5.41, 5.74) is 1.03. The number of guanidine groups is 1. The van der Waals surface area contributed by atoms with E-state index in [0.717, 1.165) is 30.4 Å². The molecule has 2 rings (SSSR count). The van der Waals surface area contributed by atoms with Crippen LogP contribution in [0.2, 0.25) is 0 Å². The Morgan fingerprint density at radius 3 is 2.67 bits per heavy atom. The number of hydrogen-bond donors (Lipinski definition) is 1. The monoisotopic (exact) mass is 377 g/mol.